The first-order valence-electron chi connectivity index (χ1n) is 7.93. The number of carbonyl (C=O) groups is 2. The molecule has 0 saturated heterocycles. The molecule has 0 spiro atoms. The largest absolute Gasteiger partial charge is 0.467 e. The lowest BCUT2D eigenvalue weighted by molar-refractivity contribution is -0.132. The van der Waals surface area contributed by atoms with Gasteiger partial charge in [-0.15, -0.1) is 0 Å². The number of nitrogens with one attached hydrogen (secondary N) is 1. The lowest BCUT2D eigenvalue weighted by Gasteiger charge is -2.22. The van der Waals surface area contributed by atoms with E-state index in [1.807, 2.05) is 36.4 Å². The van der Waals surface area contributed by atoms with E-state index in [2.05, 4.69) is 5.32 Å². The van der Waals surface area contributed by atoms with Crippen molar-refractivity contribution < 1.29 is 18.7 Å². The fraction of sp³-hybridized carbons (Fsp3) is 0.333. The maximum Gasteiger partial charge on any atom is 0.407 e. The van der Waals surface area contributed by atoms with Gasteiger partial charge in [-0.2, -0.15) is 0 Å². The standard InChI is InChI=1S/C18H22N2O4/c1-2-23-18(22)19-11-10-17(21)20(14-16-9-6-12-24-16)13-15-7-4-3-5-8-15/h3-9,12H,2,10-11,13-14H2,1H3,(H,19,22). The summed E-state index contributed by atoms with van der Waals surface area (Å²) >= 11 is 0. The van der Waals surface area contributed by atoms with Crippen LogP contribution in [0.4, 0.5) is 4.79 Å². The van der Waals surface area contributed by atoms with E-state index in [-0.39, 0.29) is 18.9 Å². The summed E-state index contributed by atoms with van der Waals surface area (Å²) in [5.41, 5.74) is 1.04. The molecule has 0 radical (unpaired) electrons. The molecule has 1 aromatic heterocycles. The van der Waals surface area contributed by atoms with Crippen LogP contribution >= 0.6 is 0 Å². The maximum atomic E-state index is 12.5. The second kappa shape index (κ2) is 9.39. The molecule has 0 aliphatic heterocycles. The van der Waals surface area contributed by atoms with Crippen molar-refractivity contribution in [2.24, 2.45) is 0 Å². The zero-order valence-corrected chi connectivity index (χ0v) is 13.7. The number of hydrogen-bond acceptors (Lipinski definition) is 4. The molecule has 0 fully saturated rings. The van der Waals surface area contributed by atoms with Gasteiger partial charge in [0, 0.05) is 19.5 Å². The number of rotatable bonds is 8. The molecule has 1 N–H and O–H groups in total. The lowest BCUT2D eigenvalue weighted by atomic mass is 10.2. The Morgan fingerprint density at radius 2 is 1.92 bits per heavy atom. The first-order chi connectivity index (χ1) is 11.7. The number of carbonyl (C=O) groups excluding carboxylic acids is 2. The van der Waals surface area contributed by atoms with Gasteiger partial charge in [0.15, 0.2) is 0 Å². The van der Waals surface area contributed by atoms with Crippen molar-refractivity contribution in [2.45, 2.75) is 26.4 Å². The molecule has 0 aliphatic carbocycles. The smallest absolute Gasteiger partial charge is 0.407 e. The minimum absolute atomic E-state index is 0.0629. The Morgan fingerprint density at radius 1 is 1.12 bits per heavy atom. The second-order valence-electron chi connectivity index (χ2n) is 5.21. The van der Waals surface area contributed by atoms with Crippen molar-refractivity contribution in [1.82, 2.24) is 10.2 Å². The highest BCUT2D eigenvalue weighted by molar-refractivity contribution is 5.77. The molecule has 2 rings (SSSR count). The molecule has 0 atom stereocenters. The number of alkyl carbamates (subject to hydrolysis) is 1. The average molecular weight is 330 g/mol. The summed E-state index contributed by atoms with van der Waals surface area (Å²) in [6.07, 6.45) is 1.28. The van der Waals surface area contributed by atoms with Crippen molar-refractivity contribution in [3.63, 3.8) is 0 Å². The van der Waals surface area contributed by atoms with Crippen molar-refractivity contribution in [1.29, 1.82) is 0 Å². The molecule has 1 heterocycles. The second-order valence-corrected chi connectivity index (χ2v) is 5.21. The minimum Gasteiger partial charge on any atom is -0.467 e. The zero-order chi connectivity index (χ0) is 17.2. The molecule has 6 nitrogen and oxygen atoms in total. The molecule has 0 bridgehead atoms. The lowest BCUT2D eigenvalue weighted by Crippen LogP contribution is -2.34. The van der Waals surface area contributed by atoms with Gasteiger partial charge in [0.2, 0.25) is 5.91 Å². The topological polar surface area (TPSA) is 71.8 Å². The predicted molar refractivity (Wildman–Crippen MR) is 89.0 cm³/mol. The predicted octanol–water partition coefficient (Wildman–Crippen LogP) is 2.94. The molecule has 24 heavy (non-hydrogen) atoms. The van der Waals surface area contributed by atoms with Gasteiger partial charge < -0.3 is 19.4 Å². The average Bonchev–Trinajstić information content (AvgIpc) is 3.08. The van der Waals surface area contributed by atoms with Gasteiger partial charge in [0.25, 0.3) is 0 Å². The molecule has 2 amide bonds. The summed E-state index contributed by atoms with van der Waals surface area (Å²) in [6, 6.07) is 13.4. The van der Waals surface area contributed by atoms with Crippen LogP contribution in [0.1, 0.15) is 24.7 Å². The summed E-state index contributed by atoms with van der Waals surface area (Å²) in [4.78, 5) is 25.5. The minimum atomic E-state index is -0.508. The number of ether oxygens (including phenoxy) is 1. The summed E-state index contributed by atoms with van der Waals surface area (Å²) in [6.45, 7) is 3.15. The third-order valence-corrected chi connectivity index (χ3v) is 3.38. The van der Waals surface area contributed by atoms with Gasteiger partial charge in [-0.05, 0) is 24.6 Å². The van der Waals surface area contributed by atoms with Crippen molar-refractivity contribution in [3.8, 4) is 0 Å². The number of benzene rings is 1. The molecule has 0 unspecified atom stereocenters. The fourth-order valence-corrected chi connectivity index (χ4v) is 2.24. The number of nitrogens with zero attached hydrogens (tertiary/aromatic N) is 1. The van der Waals surface area contributed by atoms with Gasteiger partial charge in [0.1, 0.15) is 5.76 Å². The van der Waals surface area contributed by atoms with Gasteiger partial charge in [-0.1, -0.05) is 30.3 Å². The Labute approximate surface area is 141 Å². The Hall–Kier alpha value is -2.76. The molecule has 6 heteroatoms. The summed E-state index contributed by atoms with van der Waals surface area (Å²) in [5, 5.41) is 2.56. The zero-order valence-electron chi connectivity index (χ0n) is 13.7. The third-order valence-electron chi connectivity index (χ3n) is 3.38. The van der Waals surface area contributed by atoms with E-state index < -0.39 is 6.09 Å². The number of hydrogen-bond donors (Lipinski definition) is 1. The quantitative estimate of drug-likeness (QED) is 0.808. The van der Waals surface area contributed by atoms with Crippen LogP contribution in [0.15, 0.2) is 53.1 Å². The molecule has 0 aliphatic rings. The van der Waals surface area contributed by atoms with Crippen molar-refractivity contribution >= 4 is 12.0 Å². The molecular weight excluding hydrogens is 308 g/mol. The van der Waals surface area contributed by atoms with Crippen LogP contribution in [0.5, 0.6) is 0 Å². The van der Waals surface area contributed by atoms with Gasteiger partial charge in [-0.25, -0.2) is 4.79 Å². The maximum absolute atomic E-state index is 12.5. The Bertz CT molecular complexity index is 626. The van der Waals surface area contributed by atoms with Gasteiger partial charge >= 0.3 is 6.09 Å². The van der Waals surface area contributed by atoms with Crippen LogP contribution in [0.3, 0.4) is 0 Å². The van der Waals surface area contributed by atoms with E-state index in [9.17, 15) is 9.59 Å². The highest BCUT2D eigenvalue weighted by Crippen LogP contribution is 2.12. The summed E-state index contributed by atoms with van der Waals surface area (Å²) < 4.78 is 10.1. The molecular formula is C18H22N2O4. The van der Waals surface area contributed by atoms with Crippen LogP contribution in [0.2, 0.25) is 0 Å². The summed E-state index contributed by atoms with van der Waals surface area (Å²) in [5.74, 6) is 0.657. The first-order valence-corrected chi connectivity index (χ1v) is 7.93. The fourth-order valence-electron chi connectivity index (χ4n) is 2.24. The highest BCUT2D eigenvalue weighted by Gasteiger charge is 2.16. The molecule has 1 aromatic carbocycles. The third kappa shape index (κ3) is 5.79. The van der Waals surface area contributed by atoms with Crippen molar-refractivity contribution in [2.75, 3.05) is 13.2 Å². The number of furan rings is 1. The monoisotopic (exact) mass is 330 g/mol. The van der Waals surface area contributed by atoms with E-state index in [0.29, 0.717) is 19.7 Å². The van der Waals surface area contributed by atoms with Crippen LogP contribution in [-0.4, -0.2) is 30.1 Å². The molecule has 0 saturated carbocycles. The van der Waals surface area contributed by atoms with Crippen molar-refractivity contribution in [3.05, 3.63) is 60.1 Å². The van der Waals surface area contributed by atoms with Crippen LogP contribution < -0.4 is 5.32 Å². The van der Waals surface area contributed by atoms with Gasteiger partial charge in [-0.3, -0.25) is 4.79 Å². The normalized spacial score (nSPS) is 10.2. The van der Waals surface area contributed by atoms with E-state index in [0.717, 1.165) is 11.3 Å². The number of amides is 2. The Balaban J connectivity index is 1.93. The Morgan fingerprint density at radius 3 is 2.58 bits per heavy atom. The van der Waals surface area contributed by atoms with E-state index in [1.165, 1.54) is 0 Å². The van der Waals surface area contributed by atoms with E-state index >= 15 is 0 Å². The van der Waals surface area contributed by atoms with Crippen LogP contribution in [-0.2, 0) is 22.6 Å². The molecule has 128 valence electrons. The van der Waals surface area contributed by atoms with Crippen LogP contribution in [0, 0.1) is 0 Å². The van der Waals surface area contributed by atoms with E-state index in [4.69, 9.17) is 9.15 Å². The van der Waals surface area contributed by atoms with E-state index in [1.54, 1.807) is 24.2 Å². The first kappa shape index (κ1) is 17.6. The SMILES string of the molecule is CCOC(=O)NCCC(=O)N(Cc1ccccc1)Cc1ccco1. The van der Waals surface area contributed by atoms with Gasteiger partial charge in [0.05, 0.1) is 19.4 Å². The Kier molecular flexibility index (Phi) is 6.89. The van der Waals surface area contributed by atoms with Crippen LogP contribution in [0.25, 0.3) is 0 Å². The highest BCUT2D eigenvalue weighted by atomic mass is 16.5. The molecule has 2 aromatic rings. The summed E-state index contributed by atoms with van der Waals surface area (Å²) in [7, 11) is 0.